The molecule has 126 valence electrons. The molecule has 1 unspecified atom stereocenters. The maximum absolute atomic E-state index is 12.7. The Balaban J connectivity index is 0.00000156. The van der Waals surface area contributed by atoms with Crippen molar-refractivity contribution in [1.82, 2.24) is 10.2 Å². The lowest BCUT2D eigenvalue weighted by Crippen LogP contribution is -2.32. The van der Waals surface area contributed by atoms with Crippen LogP contribution in [0.2, 0.25) is 0 Å². The number of amides is 1. The average molecular weight is 339 g/mol. The number of fused-ring (bicyclic) bond motifs is 2. The zero-order valence-electron chi connectivity index (χ0n) is 13.3. The van der Waals surface area contributed by atoms with E-state index < -0.39 is 0 Å². The Labute approximate surface area is 142 Å². The maximum atomic E-state index is 12.7. The van der Waals surface area contributed by atoms with Crippen LogP contribution in [0.15, 0.2) is 12.1 Å². The Morgan fingerprint density at radius 2 is 1.91 bits per heavy atom. The van der Waals surface area contributed by atoms with Crippen LogP contribution in [0.4, 0.5) is 0 Å². The number of hydrogen-bond donors (Lipinski definition) is 1. The summed E-state index contributed by atoms with van der Waals surface area (Å²) in [4.78, 5) is 14.7. The molecular formula is C17H23ClN2O3. The highest BCUT2D eigenvalue weighted by atomic mass is 35.5. The van der Waals surface area contributed by atoms with Crippen molar-refractivity contribution in [1.29, 1.82) is 0 Å². The summed E-state index contributed by atoms with van der Waals surface area (Å²) in [5.74, 6) is 2.33. The summed E-state index contributed by atoms with van der Waals surface area (Å²) in [5.41, 5.74) is 1.85. The van der Waals surface area contributed by atoms with E-state index in [4.69, 9.17) is 9.47 Å². The molecule has 6 heteroatoms. The second-order valence-electron chi connectivity index (χ2n) is 6.45. The lowest BCUT2D eigenvalue weighted by molar-refractivity contribution is 0.0722. The third-order valence-corrected chi connectivity index (χ3v) is 5.19. The van der Waals surface area contributed by atoms with Crippen LogP contribution >= 0.6 is 12.4 Å². The van der Waals surface area contributed by atoms with Gasteiger partial charge in [-0.3, -0.25) is 4.79 Å². The van der Waals surface area contributed by atoms with Gasteiger partial charge in [0, 0.05) is 12.1 Å². The Morgan fingerprint density at radius 3 is 2.65 bits per heavy atom. The van der Waals surface area contributed by atoms with Crippen LogP contribution in [-0.2, 0) is 0 Å². The topological polar surface area (TPSA) is 50.8 Å². The van der Waals surface area contributed by atoms with Crippen LogP contribution in [-0.4, -0.2) is 37.2 Å². The maximum Gasteiger partial charge on any atom is 0.254 e. The van der Waals surface area contributed by atoms with Crippen molar-refractivity contribution in [2.24, 2.45) is 5.92 Å². The highest BCUT2D eigenvalue weighted by molar-refractivity contribution is 6.00. The Hall–Kier alpha value is -1.46. The predicted octanol–water partition coefficient (Wildman–Crippen LogP) is 2.74. The fourth-order valence-electron chi connectivity index (χ4n) is 3.77. The number of rotatable bonds is 3. The minimum absolute atomic E-state index is 0. The minimum Gasteiger partial charge on any atom is -0.454 e. The molecule has 0 bridgehead atoms. The van der Waals surface area contributed by atoms with Gasteiger partial charge >= 0.3 is 0 Å². The summed E-state index contributed by atoms with van der Waals surface area (Å²) in [6.45, 7) is 5.41. The molecule has 3 aliphatic rings. The quantitative estimate of drug-likeness (QED) is 0.920. The number of ether oxygens (including phenoxy) is 2. The molecule has 0 spiro atoms. The fourth-order valence-corrected chi connectivity index (χ4v) is 3.77. The van der Waals surface area contributed by atoms with Gasteiger partial charge in [0.25, 0.3) is 5.91 Å². The molecule has 1 amide bonds. The van der Waals surface area contributed by atoms with Crippen molar-refractivity contribution in [3.8, 4) is 11.5 Å². The van der Waals surface area contributed by atoms with Crippen molar-refractivity contribution in [2.45, 2.75) is 32.2 Å². The summed E-state index contributed by atoms with van der Waals surface area (Å²) in [5, 5.41) is 3.39. The molecule has 3 aliphatic heterocycles. The summed E-state index contributed by atoms with van der Waals surface area (Å²) >= 11 is 0. The summed E-state index contributed by atoms with van der Waals surface area (Å²) in [6, 6.07) is 3.95. The highest BCUT2D eigenvalue weighted by Gasteiger charge is 2.36. The lowest BCUT2D eigenvalue weighted by Gasteiger charge is -2.27. The molecular weight excluding hydrogens is 316 g/mol. The van der Waals surface area contributed by atoms with Gasteiger partial charge in [-0.2, -0.15) is 0 Å². The van der Waals surface area contributed by atoms with E-state index in [2.05, 4.69) is 12.2 Å². The zero-order chi connectivity index (χ0) is 15.1. The largest absolute Gasteiger partial charge is 0.454 e. The number of halogens is 1. The van der Waals surface area contributed by atoms with Crippen molar-refractivity contribution < 1.29 is 14.3 Å². The van der Waals surface area contributed by atoms with Crippen molar-refractivity contribution >= 4 is 18.3 Å². The number of carbonyl (C=O) groups is 1. The van der Waals surface area contributed by atoms with Crippen LogP contribution in [0, 0.1) is 5.92 Å². The van der Waals surface area contributed by atoms with E-state index in [1.54, 1.807) is 0 Å². The standard InChI is InChI=1S/C17H22N2O3.ClH/c1-11-13-8-15-16(22-10-21-15)9-14(13)17(20)19(11)7-4-12-2-5-18-6-3-12;/h8-9,11-12,18H,2-7,10H2,1H3;1H. The smallest absolute Gasteiger partial charge is 0.254 e. The number of carbonyl (C=O) groups excluding carboxylic acids is 1. The molecule has 1 fully saturated rings. The average Bonchev–Trinajstić information content (AvgIpc) is 3.09. The Bertz CT molecular complexity index is 602. The van der Waals surface area contributed by atoms with Crippen molar-refractivity contribution in [3.05, 3.63) is 23.3 Å². The first kappa shape index (κ1) is 16.4. The van der Waals surface area contributed by atoms with Gasteiger partial charge in [-0.15, -0.1) is 12.4 Å². The number of hydrogen-bond acceptors (Lipinski definition) is 4. The monoisotopic (exact) mass is 338 g/mol. The van der Waals surface area contributed by atoms with E-state index >= 15 is 0 Å². The Kier molecular flexibility index (Phi) is 4.69. The summed E-state index contributed by atoms with van der Waals surface area (Å²) in [7, 11) is 0. The van der Waals surface area contributed by atoms with E-state index in [-0.39, 0.29) is 31.1 Å². The van der Waals surface area contributed by atoms with Gasteiger partial charge < -0.3 is 19.7 Å². The fraction of sp³-hybridized carbons (Fsp3) is 0.588. The predicted molar refractivity (Wildman–Crippen MR) is 89.5 cm³/mol. The number of benzene rings is 1. The van der Waals surface area contributed by atoms with Gasteiger partial charge in [0.15, 0.2) is 11.5 Å². The normalized spacial score (nSPS) is 22.9. The van der Waals surface area contributed by atoms with Gasteiger partial charge in [0.2, 0.25) is 6.79 Å². The Morgan fingerprint density at radius 1 is 1.22 bits per heavy atom. The third kappa shape index (κ3) is 2.88. The van der Waals surface area contributed by atoms with Crippen LogP contribution < -0.4 is 14.8 Å². The molecule has 0 saturated carbocycles. The SMILES string of the molecule is CC1c2cc3c(cc2C(=O)N1CCC1CCNCC1)OCO3.Cl. The van der Waals surface area contributed by atoms with Crippen LogP contribution in [0.1, 0.15) is 48.1 Å². The molecule has 1 saturated heterocycles. The molecule has 0 radical (unpaired) electrons. The van der Waals surface area contributed by atoms with E-state index in [0.717, 1.165) is 48.8 Å². The molecule has 0 aromatic heterocycles. The first-order valence-corrected chi connectivity index (χ1v) is 8.19. The molecule has 5 nitrogen and oxygen atoms in total. The third-order valence-electron chi connectivity index (χ3n) is 5.19. The van der Waals surface area contributed by atoms with Gasteiger partial charge in [-0.25, -0.2) is 0 Å². The molecule has 4 rings (SSSR count). The molecule has 23 heavy (non-hydrogen) atoms. The molecule has 1 aromatic carbocycles. The molecule has 0 aliphatic carbocycles. The molecule has 1 atom stereocenters. The van der Waals surface area contributed by atoms with E-state index in [9.17, 15) is 4.79 Å². The summed E-state index contributed by atoms with van der Waals surface area (Å²) < 4.78 is 10.8. The molecule has 3 heterocycles. The first-order valence-electron chi connectivity index (χ1n) is 8.19. The second-order valence-corrected chi connectivity index (χ2v) is 6.45. The van der Waals surface area contributed by atoms with E-state index in [1.165, 1.54) is 12.8 Å². The highest BCUT2D eigenvalue weighted by Crippen LogP contribution is 2.42. The van der Waals surface area contributed by atoms with E-state index in [0.29, 0.717) is 5.75 Å². The van der Waals surface area contributed by atoms with Crippen LogP contribution in [0.5, 0.6) is 11.5 Å². The number of nitrogens with zero attached hydrogens (tertiary/aromatic N) is 1. The number of piperidine rings is 1. The van der Waals surface area contributed by atoms with Gasteiger partial charge in [0.05, 0.1) is 6.04 Å². The van der Waals surface area contributed by atoms with Crippen LogP contribution in [0.3, 0.4) is 0 Å². The zero-order valence-corrected chi connectivity index (χ0v) is 14.2. The first-order chi connectivity index (χ1) is 10.7. The van der Waals surface area contributed by atoms with Gasteiger partial charge in [-0.1, -0.05) is 0 Å². The summed E-state index contributed by atoms with van der Waals surface area (Å²) in [6.07, 6.45) is 3.54. The van der Waals surface area contributed by atoms with Gasteiger partial charge in [-0.05, 0) is 62.9 Å². The van der Waals surface area contributed by atoms with Gasteiger partial charge in [0.1, 0.15) is 0 Å². The van der Waals surface area contributed by atoms with Crippen molar-refractivity contribution in [3.63, 3.8) is 0 Å². The minimum atomic E-state index is 0. The molecule has 1 N–H and O–H groups in total. The number of nitrogens with one attached hydrogen (secondary N) is 1. The molecule has 1 aromatic rings. The lowest BCUT2D eigenvalue weighted by atomic mass is 9.94. The van der Waals surface area contributed by atoms with Crippen LogP contribution in [0.25, 0.3) is 0 Å². The van der Waals surface area contributed by atoms with Crippen molar-refractivity contribution in [2.75, 3.05) is 26.4 Å². The second kappa shape index (κ2) is 6.57. The van der Waals surface area contributed by atoms with E-state index in [1.807, 2.05) is 17.0 Å².